The van der Waals surface area contributed by atoms with Crippen LogP contribution in [-0.2, 0) is 24.2 Å². The van der Waals surface area contributed by atoms with Gasteiger partial charge in [-0.05, 0) is 48.6 Å². The first kappa shape index (κ1) is 14.8. The number of hydrogen-bond acceptors (Lipinski definition) is 5. The normalized spacial score (nSPS) is 15.3. The van der Waals surface area contributed by atoms with Gasteiger partial charge in [0.2, 0.25) is 0 Å². The molecule has 0 N–H and O–H groups in total. The molecule has 0 bridgehead atoms. The Kier molecular flexibility index (Phi) is 3.91. The molecule has 1 aliphatic heterocycles. The molecule has 0 saturated carbocycles. The molecule has 120 valence electrons. The summed E-state index contributed by atoms with van der Waals surface area (Å²) in [5.74, 6) is 0.878. The third-order valence-corrected chi connectivity index (χ3v) is 5.47. The zero-order valence-electron chi connectivity index (χ0n) is 12.4. The highest BCUT2D eigenvalue weighted by Crippen LogP contribution is 2.38. The second kappa shape index (κ2) is 6.06. The second-order valence-corrected chi connectivity index (χ2v) is 7.13. The Labute approximate surface area is 142 Å². The molecule has 4 rings (SSSR count). The van der Waals surface area contributed by atoms with E-state index in [0.29, 0.717) is 34.6 Å². The smallest absolute Gasteiger partial charge is 0.348 e. The molecule has 2 aliphatic rings. The van der Waals surface area contributed by atoms with Crippen molar-refractivity contribution in [2.24, 2.45) is 0 Å². The Hall–Kier alpha value is -1.72. The summed E-state index contributed by atoms with van der Waals surface area (Å²) < 4.78 is 16.4. The van der Waals surface area contributed by atoms with Crippen molar-refractivity contribution in [2.45, 2.75) is 25.9 Å². The van der Waals surface area contributed by atoms with Crippen LogP contribution in [0.3, 0.4) is 0 Å². The number of carbonyl (C=O) groups excluding carboxylic acids is 1. The lowest BCUT2D eigenvalue weighted by molar-refractivity contribution is 0.0477. The Morgan fingerprint density at radius 3 is 2.96 bits per heavy atom. The maximum absolute atomic E-state index is 12.2. The molecule has 23 heavy (non-hydrogen) atoms. The van der Waals surface area contributed by atoms with Crippen LogP contribution < -0.4 is 9.47 Å². The summed E-state index contributed by atoms with van der Waals surface area (Å²) in [6.07, 6.45) is 3.33. The first-order valence-corrected chi connectivity index (χ1v) is 8.77. The minimum atomic E-state index is -0.282. The monoisotopic (exact) mass is 350 g/mol. The standard InChI is InChI=1S/C17H15ClO4S/c18-12-6-10(7-13-16(12)21-5-4-20-13)9-22-17(19)15-8-11-2-1-3-14(11)23-15/h6-8H,1-5,9H2. The minimum Gasteiger partial charge on any atom is -0.486 e. The van der Waals surface area contributed by atoms with E-state index in [9.17, 15) is 4.79 Å². The second-order valence-electron chi connectivity index (χ2n) is 5.59. The van der Waals surface area contributed by atoms with E-state index in [1.54, 1.807) is 17.4 Å². The largest absolute Gasteiger partial charge is 0.486 e. The van der Waals surface area contributed by atoms with E-state index in [1.165, 1.54) is 16.9 Å². The fourth-order valence-electron chi connectivity index (χ4n) is 2.90. The molecule has 0 atom stereocenters. The quantitative estimate of drug-likeness (QED) is 0.784. The van der Waals surface area contributed by atoms with Gasteiger partial charge in [-0.15, -0.1) is 11.3 Å². The van der Waals surface area contributed by atoms with E-state index in [2.05, 4.69) is 0 Å². The summed E-state index contributed by atoms with van der Waals surface area (Å²) in [7, 11) is 0. The summed E-state index contributed by atoms with van der Waals surface area (Å²) in [6, 6.07) is 5.52. The third-order valence-electron chi connectivity index (χ3n) is 3.97. The summed E-state index contributed by atoms with van der Waals surface area (Å²) in [6.45, 7) is 1.15. The van der Waals surface area contributed by atoms with Crippen molar-refractivity contribution in [1.29, 1.82) is 0 Å². The van der Waals surface area contributed by atoms with Crippen molar-refractivity contribution in [2.75, 3.05) is 13.2 Å². The van der Waals surface area contributed by atoms with Gasteiger partial charge in [-0.1, -0.05) is 11.6 Å². The Morgan fingerprint density at radius 2 is 2.09 bits per heavy atom. The predicted molar refractivity (Wildman–Crippen MR) is 87.9 cm³/mol. The van der Waals surface area contributed by atoms with Crippen LogP contribution in [0.5, 0.6) is 11.5 Å². The van der Waals surface area contributed by atoms with Crippen molar-refractivity contribution < 1.29 is 19.0 Å². The fourth-order valence-corrected chi connectivity index (χ4v) is 4.33. The lowest BCUT2D eigenvalue weighted by Gasteiger charge is -2.20. The molecule has 1 aromatic heterocycles. The highest BCUT2D eigenvalue weighted by molar-refractivity contribution is 7.14. The van der Waals surface area contributed by atoms with Crippen LogP contribution in [0.15, 0.2) is 18.2 Å². The molecule has 0 fully saturated rings. The zero-order valence-corrected chi connectivity index (χ0v) is 14.0. The van der Waals surface area contributed by atoms with Crippen molar-refractivity contribution in [3.63, 3.8) is 0 Å². The number of halogens is 1. The highest BCUT2D eigenvalue weighted by Gasteiger charge is 2.20. The van der Waals surface area contributed by atoms with Gasteiger partial charge in [0.1, 0.15) is 24.7 Å². The number of aryl methyl sites for hydroxylation is 2. The van der Waals surface area contributed by atoms with Gasteiger partial charge in [0.25, 0.3) is 0 Å². The van der Waals surface area contributed by atoms with Crippen LogP contribution in [0.4, 0.5) is 0 Å². The number of esters is 1. The summed E-state index contributed by atoms with van der Waals surface area (Å²) in [4.78, 5) is 14.2. The molecule has 4 nitrogen and oxygen atoms in total. The SMILES string of the molecule is O=C(OCc1cc(Cl)c2c(c1)OCCO2)c1cc2c(s1)CCC2. The summed E-state index contributed by atoms with van der Waals surface area (Å²) in [5, 5.41) is 0.475. The molecular formula is C17H15ClO4S. The van der Waals surface area contributed by atoms with Crippen molar-refractivity contribution in [1.82, 2.24) is 0 Å². The van der Waals surface area contributed by atoms with E-state index >= 15 is 0 Å². The molecule has 6 heteroatoms. The van der Waals surface area contributed by atoms with Gasteiger partial charge in [-0.3, -0.25) is 0 Å². The van der Waals surface area contributed by atoms with Gasteiger partial charge in [-0.25, -0.2) is 4.79 Å². The van der Waals surface area contributed by atoms with Gasteiger partial charge in [0.15, 0.2) is 11.5 Å². The Balaban J connectivity index is 1.46. The summed E-state index contributed by atoms with van der Waals surface area (Å²) >= 11 is 7.73. The zero-order chi connectivity index (χ0) is 15.8. The van der Waals surface area contributed by atoms with Crippen LogP contribution in [0.2, 0.25) is 5.02 Å². The van der Waals surface area contributed by atoms with Crippen LogP contribution in [0.1, 0.15) is 32.1 Å². The van der Waals surface area contributed by atoms with Crippen molar-refractivity contribution in [3.05, 3.63) is 44.1 Å². The number of fused-ring (bicyclic) bond motifs is 2. The minimum absolute atomic E-state index is 0.164. The molecule has 2 heterocycles. The first-order chi connectivity index (χ1) is 11.2. The molecule has 0 unspecified atom stereocenters. The average molecular weight is 351 g/mol. The van der Waals surface area contributed by atoms with Gasteiger partial charge >= 0.3 is 5.97 Å². The Morgan fingerprint density at radius 1 is 1.22 bits per heavy atom. The van der Waals surface area contributed by atoms with E-state index in [-0.39, 0.29) is 12.6 Å². The van der Waals surface area contributed by atoms with E-state index in [0.717, 1.165) is 18.4 Å². The Bertz CT molecular complexity index is 747. The van der Waals surface area contributed by atoms with Gasteiger partial charge in [0.05, 0.1) is 5.02 Å². The van der Waals surface area contributed by atoms with E-state index in [1.807, 2.05) is 12.1 Å². The first-order valence-electron chi connectivity index (χ1n) is 7.57. The van der Waals surface area contributed by atoms with Crippen LogP contribution in [0.25, 0.3) is 0 Å². The lowest BCUT2D eigenvalue weighted by atomic mass is 10.2. The number of thiophene rings is 1. The molecule has 1 aliphatic carbocycles. The summed E-state index contributed by atoms with van der Waals surface area (Å²) in [5.41, 5.74) is 2.08. The van der Waals surface area contributed by atoms with Gasteiger partial charge in [-0.2, -0.15) is 0 Å². The van der Waals surface area contributed by atoms with E-state index < -0.39 is 0 Å². The topological polar surface area (TPSA) is 44.8 Å². The maximum Gasteiger partial charge on any atom is 0.348 e. The lowest BCUT2D eigenvalue weighted by Crippen LogP contribution is -2.16. The number of ether oxygens (including phenoxy) is 3. The number of rotatable bonds is 3. The number of benzene rings is 1. The van der Waals surface area contributed by atoms with Gasteiger partial charge < -0.3 is 14.2 Å². The van der Waals surface area contributed by atoms with Gasteiger partial charge in [0, 0.05) is 4.88 Å². The average Bonchev–Trinajstić information content (AvgIpc) is 3.14. The fraction of sp³-hybridized carbons (Fsp3) is 0.353. The van der Waals surface area contributed by atoms with Crippen molar-refractivity contribution in [3.8, 4) is 11.5 Å². The molecule has 0 amide bonds. The third kappa shape index (κ3) is 2.91. The maximum atomic E-state index is 12.2. The van der Waals surface area contributed by atoms with E-state index in [4.69, 9.17) is 25.8 Å². The molecule has 0 spiro atoms. The highest BCUT2D eigenvalue weighted by atomic mass is 35.5. The van der Waals surface area contributed by atoms with Crippen molar-refractivity contribution >= 4 is 28.9 Å². The number of hydrogen-bond donors (Lipinski definition) is 0. The number of carbonyl (C=O) groups is 1. The molecular weight excluding hydrogens is 336 g/mol. The molecule has 0 radical (unpaired) electrons. The molecule has 2 aromatic rings. The molecule has 0 saturated heterocycles. The van der Waals surface area contributed by atoms with Crippen LogP contribution >= 0.6 is 22.9 Å². The molecule has 1 aromatic carbocycles. The predicted octanol–water partition coefficient (Wildman–Crippen LogP) is 4.02. The van der Waals surface area contributed by atoms with Crippen LogP contribution in [-0.4, -0.2) is 19.2 Å². The van der Waals surface area contributed by atoms with Crippen LogP contribution in [0, 0.1) is 0 Å².